The number of aliphatic imine (C=N–C) groups is 1. The lowest BCUT2D eigenvalue weighted by atomic mass is 10.0. The molecular weight excluding hydrogens is 528 g/mol. The Morgan fingerprint density at radius 3 is 2.60 bits per heavy atom. The minimum absolute atomic E-state index is 0.0613. The molecule has 0 unspecified atom stereocenters. The molecule has 2 amide bonds. The summed E-state index contributed by atoms with van der Waals surface area (Å²) in [6, 6.07) is 17.0. The van der Waals surface area contributed by atoms with Gasteiger partial charge in [-0.25, -0.2) is 9.78 Å². The molecular formula is C31H33ClN4O4. The molecule has 5 rings (SSSR count). The summed E-state index contributed by atoms with van der Waals surface area (Å²) >= 11 is 6.06. The van der Waals surface area contributed by atoms with Crippen molar-refractivity contribution in [3.8, 4) is 0 Å². The normalized spacial score (nSPS) is 15.4. The minimum Gasteiger partial charge on any atom is -0.444 e. The van der Waals surface area contributed by atoms with Crippen LogP contribution in [-0.2, 0) is 22.5 Å². The number of halogens is 1. The largest absolute Gasteiger partial charge is 0.444 e. The van der Waals surface area contributed by atoms with Gasteiger partial charge in [-0.2, -0.15) is 0 Å². The third-order valence-corrected chi connectivity index (χ3v) is 7.00. The fraction of sp³-hybridized carbons (Fsp3) is 0.355. The first-order valence-corrected chi connectivity index (χ1v) is 13.8. The number of hydrogen-bond acceptors (Lipinski definition) is 6. The molecule has 3 heterocycles. The molecule has 0 aliphatic carbocycles. The summed E-state index contributed by atoms with van der Waals surface area (Å²) in [4.78, 5) is 36.1. The summed E-state index contributed by atoms with van der Waals surface area (Å²) in [6.45, 7) is 7.24. The molecule has 1 aromatic heterocycles. The smallest absolute Gasteiger partial charge is 0.410 e. The zero-order valence-corrected chi connectivity index (χ0v) is 23.7. The number of rotatable bonds is 6. The van der Waals surface area contributed by atoms with Crippen LogP contribution in [0.5, 0.6) is 0 Å². The van der Waals surface area contributed by atoms with Gasteiger partial charge in [0.25, 0.3) is 5.91 Å². The quantitative estimate of drug-likeness (QED) is 0.344. The second kappa shape index (κ2) is 11.8. The number of aromatic nitrogens is 1. The number of carbonyl (C=O) groups excluding carboxylic acids is 2. The maximum Gasteiger partial charge on any atom is 0.410 e. The number of para-hydroxylation sites is 1. The Morgan fingerprint density at radius 2 is 1.85 bits per heavy atom. The minimum atomic E-state index is -0.504. The molecule has 2 aliphatic heterocycles. The van der Waals surface area contributed by atoms with Gasteiger partial charge in [-0.3, -0.25) is 9.79 Å². The average Bonchev–Trinajstić information content (AvgIpc) is 3.36. The molecule has 3 aromatic rings. The molecule has 0 radical (unpaired) electrons. The summed E-state index contributed by atoms with van der Waals surface area (Å²) in [7, 11) is 0. The molecule has 40 heavy (non-hydrogen) atoms. The number of hydrogen-bond donors (Lipinski definition) is 1. The van der Waals surface area contributed by atoms with Gasteiger partial charge in [0.2, 0.25) is 0 Å². The zero-order valence-electron chi connectivity index (χ0n) is 22.9. The lowest BCUT2D eigenvalue weighted by Gasteiger charge is -2.33. The van der Waals surface area contributed by atoms with Gasteiger partial charge in [-0.1, -0.05) is 35.9 Å². The molecule has 208 valence electrons. The molecule has 1 saturated heterocycles. The molecule has 8 nitrogen and oxygen atoms in total. The van der Waals surface area contributed by atoms with Gasteiger partial charge in [0, 0.05) is 37.0 Å². The van der Waals surface area contributed by atoms with E-state index in [2.05, 4.69) is 10.3 Å². The number of pyridine rings is 1. The average molecular weight is 561 g/mol. The Balaban J connectivity index is 1.18. The Morgan fingerprint density at radius 1 is 1.07 bits per heavy atom. The van der Waals surface area contributed by atoms with Crippen LogP contribution in [0.2, 0.25) is 5.15 Å². The van der Waals surface area contributed by atoms with Crippen LogP contribution in [0.3, 0.4) is 0 Å². The number of ether oxygens (including phenoxy) is 2. The highest BCUT2D eigenvalue weighted by Crippen LogP contribution is 2.33. The number of fused-ring (bicyclic) bond motifs is 1. The number of amides is 2. The van der Waals surface area contributed by atoms with E-state index in [0.717, 1.165) is 35.2 Å². The van der Waals surface area contributed by atoms with Crippen molar-refractivity contribution in [3.05, 3.63) is 88.2 Å². The first-order valence-electron chi connectivity index (χ1n) is 13.5. The molecule has 0 spiro atoms. The molecule has 1 fully saturated rings. The number of nitrogens with zero attached hydrogens (tertiary/aromatic N) is 3. The van der Waals surface area contributed by atoms with Crippen LogP contribution < -0.4 is 5.32 Å². The van der Waals surface area contributed by atoms with Crippen LogP contribution in [0.15, 0.2) is 65.8 Å². The standard InChI is InChI=1S/C31H33ClN4O4/c1-31(2,3)40-30(38)36-14-11-24(12-15-36)39-19-20-6-4-8-23(16-20)34-29(37)25-9-5-7-22-17-26(35-28(22)25)21-10-13-33-27(32)18-21/h4-10,13,16,18,24H,11-12,14-15,17,19H2,1-3H3,(H,34,37). The van der Waals surface area contributed by atoms with Crippen molar-refractivity contribution in [2.24, 2.45) is 4.99 Å². The van der Waals surface area contributed by atoms with E-state index in [1.165, 1.54) is 0 Å². The number of anilines is 1. The van der Waals surface area contributed by atoms with Gasteiger partial charge < -0.3 is 19.7 Å². The van der Waals surface area contributed by atoms with Crippen LogP contribution in [0.1, 0.15) is 60.7 Å². The summed E-state index contributed by atoms with van der Waals surface area (Å²) in [6.07, 6.45) is 3.57. The fourth-order valence-corrected chi connectivity index (χ4v) is 5.01. The molecule has 9 heteroatoms. The number of likely N-dealkylation sites (tertiary alicyclic amines) is 1. The Bertz CT molecular complexity index is 1440. The lowest BCUT2D eigenvalue weighted by molar-refractivity contribution is -0.0170. The third kappa shape index (κ3) is 6.87. The van der Waals surface area contributed by atoms with E-state index in [0.29, 0.717) is 48.2 Å². The third-order valence-electron chi connectivity index (χ3n) is 6.79. The molecule has 0 atom stereocenters. The van der Waals surface area contributed by atoms with E-state index in [1.54, 1.807) is 23.2 Å². The summed E-state index contributed by atoms with van der Waals surface area (Å²) < 4.78 is 11.6. The van der Waals surface area contributed by atoms with Crippen molar-refractivity contribution >= 4 is 40.7 Å². The van der Waals surface area contributed by atoms with Crippen LogP contribution >= 0.6 is 11.6 Å². The molecule has 2 aromatic carbocycles. The summed E-state index contributed by atoms with van der Waals surface area (Å²) in [5.41, 5.74) is 5.09. The van der Waals surface area contributed by atoms with Crippen LogP contribution in [0, 0.1) is 0 Å². The predicted molar refractivity (Wildman–Crippen MR) is 156 cm³/mol. The van der Waals surface area contributed by atoms with Crippen molar-refractivity contribution in [2.45, 2.75) is 58.3 Å². The van der Waals surface area contributed by atoms with E-state index in [9.17, 15) is 9.59 Å². The highest BCUT2D eigenvalue weighted by Gasteiger charge is 2.27. The molecule has 0 saturated carbocycles. The zero-order chi connectivity index (χ0) is 28.3. The lowest BCUT2D eigenvalue weighted by Crippen LogP contribution is -2.43. The van der Waals surface area contributed by atoms with Gasteiger partial charge in [0.15, 0.2) is 0 Å². The van der Waals surface area contributed by atoms with Crippen molar-refractivity contribution in [1.29, 1.82) is 0 Å². The maximum atomic E-state index is 13.3. The molecule has 1 N–H and O–H groups in total. The van der Waals surface area contributed by atoms with Gasteiger partial charge in [-0.05, 0) is 75.1 Å². The number of benzene rings is 2. The number of carbonyl (C=O) groups is 2. The topological polar surface area (TPSA) is 93.1 Å². The maximum absolute atomic E-state index is 13.3. The highest BCUT2D eigenvalue weighted by molar-refractivity contribution is 6.29. The number of piperidine rings is 1. The Hall–Kier alpha value is -3.75. The number of nitrogens with one attached hydrogen (secondary N) is 1. The summed E-state index contributed by atoms with van der Waals surface area (Å²) in [5, 5.41) is 3.42. The molecule has 2 aliphatic rings. The van der Waals surface area contributed by atoms with E-state index in [-0.39, 0.29) is 18.1 Å². The van der Waals surface area contributed by atoms with E-state index in [1.807, 2.05) is 63.2 Å². The van der Waals surface area contributed by atoms with Crippen molar-refractivity contribution < 1.29 is 19.1 Å². The summed E-state index contributed by atoms with van der Waals surface area (Å²) in [5.74, 6) is -0.220. The first kappa shape index (κ1) is 27.8. The molecule has 0 bridgehead atoms. The predicted octanol–water partition coefficient (Wildman–Crippen LogP) is 6.58. The van der Waals surface area contributed by atoms with Crippen molar-refractivity contribution in [1.82, 2.24) is 9.88 Å². The van der Waals surface area contributed by atoms with Crippen LogP contribution in [0.4, 0.5) is 16.2 Å². The van der Waals surface area contributed by atoms with Crippen LogP contribution in [-0.4, -0.2) is 52.4 Å². The first-order chi connectivity index (χ1) is 19.1. The SMILES string of the molecule is CC(C)(C)OC(=O)N1CCC(OCc2cccc(NC(=O)c3cccc4c3N=C(c3ccnc(Cl)c3)C4)c2)CC1. The van der Waals surface area contributed by atoms with Crippen molar-refractivity contribution in [3.63, 3.8) is 0 Å². The van der Waals surface area contributed by atoms with Gasteiger partial charge in [0.1, 0.15) is 10.8 Å². The van der Waals surface area contributed by atoms with Gasteiger partial charge >= 0.3 is 6.09 Å². The monoisotopic (exact) mass is 560 g/mol. The van der Waals surface area contributed by atoms with E-state index in [4.69, 9.17) is 26.1 Å². The second-order valence-corrected chi connectivity index (χ2v) is 11.4. The van der Waals surface area contributed by atoms with Gasteiger partial charge in [0.05, 0.1) is 29.7 Å². The van der Waals surface area contributed by atoms with E-state index < -0.39 is 5.60 Å². The highest BCUT2D eigenvalue weighted by atomic mass is 35.5. The fourth-order valence-electron chi connectivity index (χ4n) is 4.84. The Labute approximate surface area is 239 Å². The Kier molecular flexibility index (Phi) is 8.19. The van der Waals surface area contributed by atoms with E-state index >= 15 is 0 Å². The van der Waals surface area contributed by atoms with Gasteiger partial charge in [-0.15, -0.1) is 0 Å². The van der Waals surface area contributed by atoms with Crippen molar-refractivity contribution in [2.75, 3.05) is 18.4 Å². The van der Waals surface area contributed by atoms with Crippen LogP contribution in [0.25, 0.3) is 0 Å². The second-order valence-electron chi connectivity index (χ2n) is 11.0.